The minimum atomic E-state index is -0.385. The van der Waals surface area contributed by atoms with E-state index in [0.29, 0.717) is 30.7 Å². The van der Waals surface area contributed by atoms with Crippen LogP contribution in [0, 0.1) is 0 Å². The number of rotatable bonds is 4. The van der Waals surface area contributed by atoms with Crippen LogP contribution in [0.3, 0.4) is 0 Å². The Kier molecular flexibility index (Phi) is 5.58. The Morgan fingerprint density at radius 1 is 1.52 bits per heavy atom. The molecule has 0 bridgehead atoms. The summed E-state index contributed by atoms with van der Waals surface area (Å²) >= 11 is 3.54. The lowest BCUT2D eigenvalue weighted by Crippen LogP contribution is -2.44. The molecule has 4 rings (SSSR count). The highest BCUT2D eigenvalue weighted by molar-refractivity contribution is 14.2. The van der Waals surface area contributed by atoms with Crippen molar-refractivity contribution in [3.8, 4) is 11.4 Å². The van der Waals surface area contributed by atoms with Crippen molar-refractivity contribution in [1.82, 2.24) is 18.9 Å². The van der Waals surface area contributed by atoms with Crippen LogP contribution in [0.5, 0.6) is 0 Å². The highest BCUT2D eigenvalue weighted by Crippen LogP contribution is 2.37. The molecule has 0 saturated carbocycles. The van der Waals surface area contributed by atoms with Gasteiger partial charge in [-0.05, 0) is 52.6 Å². The zero-order valence-electron chi connectivity index (χ0n) is 14.7. The molecule has 27 heavy (non-hydrogen) atoms. The lowest BCUT2D eigenvalue weighted by molar-refractivity contribution is 0.0603. The molecule has 1 fully saturated rings. The van der Waals surface area contributed by atoms with Crippen LogP contribution < -0.4 is 4.90 Å². The molecule has 1 aliphatic heterocycles. The first-order chi connectivity index (χ1) is 13.1. The fraction of sp³-hybridized carbons (Fsp3) is 0.375. The number of carbonyl (C=O) groups is 1. The van der Waals surface area contributed by atoms with Gasteiger partial charge in [-0.1, -0.05) is 0 Å². The fourth-order valence-corrected chi connectivity index (χ4v) is 5.47. The van der Waals surface area contributed by atoms with Gasteiger partial charge in [0.1, 0.15) is 17.0 Å². The summed E-state index contributed by atoms with van der Waals surface area (Å²) in [6, 6.07) is 3.89. The van der Waals surface area contributed by atoms with Gasteiger partial charge in [0.2, 0.25) is 0 Å². The average Bonchev–Trinajstić information content (AvgIpc) is 3.33. The maximum Gasteiger partial charge on any atom is 0.339 e. The second-order valence-corrected chi connectivity index (χ2v) is 8.87. The molecule has 0 spiro atoms. The molecule has 142 valence electrons. The number of aromatic nitrogens is 4. The van der Waals surface area contributed by atoms with Crippen molar-refractivity contribution in [3.05, 3.63) is 23.9 Å². The van der Waals surface area contributed by atoms with Gasteiger partial charge >= 0.3 is 5.97 Å². The van der Waals surface area contributed by atoms with Gasteiger partial charge in [0.15, 0.2) is 0 Å². The first-order valence-electron chi connectivity index (χ1n) is 8.28. The summed E-state index contributed by atoms with van der Waals surface area (Å²) in [4.78, 5) is 19.5. The van der Waals surface area contributed by atoms with Gasteiger partial charge in [-0.25, -0.2) is 14.2 Å². The van der Waals surface area contributed by atoms with Crippen LogP contribution in [-0.2, 0) is 9.47 Å². The van der Waals surface area contributed by atoms with Gasteiger partial charge in [0.25, 0.3) is 0 Å². The Morgan fingerprint density at radius 2 is 2.37 bits per heavy atom. The van der Waals surface area contributed by atoms with E-state index in [0.717, 1.165) is 28.5 Å². The summed E-state index contributed by atoms with van der Waals surface area (Å²) in [6.45, 7) is 4.07. The van der Waals surface area contributed by atoms with Crippen molar-refractivity contribution in [2.45, 2.75) is 13.0 Å². The normalized spacial score (nSPS) is 17.9. The topological polar surface area (TPSA) is 82.4 Å². The first-order valence-corrected chi connectivity index (χ1v) is 13.1. The zero-order chi connectivity index (χ0) is 19.0. The third-order valence-electron chi connectivity index (χ3n) is 4.44. The molecule has 0 aromatic carbocycles. The van der Waals surface area contributed by atoms with Crippen LogP contribution in [-0.4, -0.2) is 57.8 Å². The van der Waals surface area contributed by atoms with Crippen molar-refractivity contribution in [3.63, 3.8) is 0 Å². The third kappa shape index (κ3) is 3.43. The Balaban J connectivity index is 1.92. The monoisotopic (exact) mass is 517 g/mol. The molecule has 1 aliphatic rings. The molecule has 0 radical (unpaired) electrons. The number of ether oxygens (including phenoxy) is 2. The molecule has 8 nitrogen and oxygen atoms in total. The van der Waals surface area contributed by atoms with E-state index in [4.69, 9.17) is 14.5 Å². The lowest BCUT2D eigenvalue weighted by Gasteiger charge is -2.34. The second-order valence-electron chi connectivity index (χ2n) is 6.06. The van der Waals surface area contributed by atoms with E-state index in [1.54, 1.807) is 12.3 Å². The molecule has 0 aliphatic carbocycles. The highest BCUT2D eigenvalue weighted by Gasteiger charge is 2.26. The number of anilines is 1. The van der Waals surface area contributed by atoms with Gasteiger partial charge < -0.3 is 14.4 Å². The average molecular weight is 517 g/mol. The molecule has 2 atom stereocenters. The standard InChI is InChI=1S/C16H17IN5O3PS/c1-9-8-25-6-5-21(9)12-7-10(16(23)24-2)15-14(19-12)13(20-27-15)11-3-4-18-22(11)26-17/h3-4,7,9,26H,5-6,8H2,1-2H3/t9-/m1/s1. The van der Waals surface area contributed by atoms with Crippen LogP contribution >= 0.6 is 39.9 Å². The number of morpholine rings is 1. The number of hydrogen-bond donors (Lipinski definition) is 0. The van der Waals surface area contributed by atoms with Crippen molar-refractivity contribution >= 4 is 62.0 Å². The largest absolute Gasteiger partial charge is 0.465 e. The molecule has 11 heteroatoms. The second kappa shape index (κ2) is 7.94. The number of methoxy groups -OCH3 is 1. The molecule has 0 N–H and O–H groups in total. The van der Waals surface area contributed by atoms with Crippen molar-refractivity contribution in [2.24, 2.45) is 0 Å². The maximum atomic E-state index is 12.4. The summed E-state index contributed by atoms with van der Waals surface area (Å²) in [5.74, 6) is 0.354. The van der Waals surface area contributed by atoms with E-state index in [1.165, 1.54) is 18.6 Å². The summed E-state index contributed by atoms with van der Waals surface area (Å²) < 4.78 is 17.8. The molecule has 3 aromatic rings. The smallest absolute Gasteiger partial charge is 0.339 e. The van der Waals surface area contributed by atoms with Gasteiger partial charge in [-0.2, -0.15) is 9.47 Å². The zero-order valence-corrected chi connectivity index (χ0v) is 18.7. The Labute approximate surface area is 174 Å². The first kappa shape index (κ1) is 19.0. The van der Waals surface area contributed by atoms with E-state index < -0.39 is 0 Å². The van der Waals surface area contributed by atoms with Gasteiger partial charge in [-0.3, -0.25) is 0 Å². The fourth-order valence-electron chi connectivity index (χ4n) is 3.10. The third-order valence-corrected chi connectivity index (χ3v) is 7.20. The lowest BCUT2D eigenvalue weighted by atomic mass is 10.1. The quantitative estimate of drug-likeness (QED) is 0.298. The van der Waals surface area contributed by atoms with Crippen LogP contribution in [0.2, 0.25) is 0 Å². The number of hydrogen-bond acceptors (Lipinski definition) is 8. The van der Waals surface area contributed by atoms with Crippen LogP contribution in [0.25, 0.3) is 21.6 Å². The molecule has 4 heterocycles. The van der Waals surface area contributed by atoms with E-state index in [2.05, 4.69) is 43.3 Å². The van der Waals surface area contributed by atoms with E-state index >= 15 is 0 Å². The minimum absolute atomic E-state index is 0.172. The highest BCUT2D eigenvalue weighted by atomic mass is 127. The SMILES string of the molecule is COC(=O)c1cc(N2CCOC[C@H]2C)nc2c(-c3ccnn3PI)nsc12. The number of fused-ring (bicyclic) bond motifs is 1. The van der Waals surface area contributed by atoms with Crippen LogP contribution in [0.15, 0.2) is 18.3 Å². The van der Waals surface area contributed by atoms with Crippen molar-refractivity contribution in [1.29, 1.82) is 0 Å². The molecule has 0 amide bonds. The van der Waals surface area contributed by atoms with E-state index in [9.17, 15) is 4.79 Å². The minimum Gasteiger partial charge on any atom is -0.465 e. The molecular formula is C16H17IN5O3PS. The van der Waals surface area contributed by atoms with Crippen LogP contribution in [0.1, 0.15) is 17.3 Å². The van der Waals surface area contributed by atoms with Gasteiger partial charge in [0, 0.05) is 12.7 Å². The van der Waals surface area contributed by atoms with Crippen molar-refractivity contribution in [2.75, 3.05) is 31.8 Å². The maximum absolute atomic E-state index is 12.4. The summed E-state index contributed by atoms with van der Waals surface area (Å²) in [5.41, 5.74) is 2.82. The molecule has 3 aromatic heterocycles. The molecular weight excluding hydrogens is 500 g/mol. The Bertz CT molecular complexity index is 994. The van der Waals surface area contributed by atoms with E-state index in [-0.39, 0.29) is 12.0 Å². The van der Waals surface area contributed by atoms with Crippen LogP contribution in [0.4, 0.5) is 5.82 Å². The Hall–Kier alpha value is -1.36. The Morgan fingerprint density at radius 3 is 3.11 bits per heavy atom. The van der Waals surface area contributed by atoms with Gasteiger partial charge in [0.05, 0.1) is 48.7 Å². The summed E-state index contributed by atoms with van der Waals surface area (Å²) in [7, 11) is 1.39. The summed E-state index contributed by atoms with van der Waals surface area (Å²) in [6.07, 6.45) is 2.20. The predicted octanol–water partition coefficient (Wildman–Crippen LogP) is 3.36. The molecule has 1 unspecified atom stereocenters. The molecule has 1 saturated heterocycles. The number of esters is 1. The van der Waals surface area contributed by atoms with E-state index in [1.807, 2.05) is 10.5 Å². The predicted molar refractivity (Wildman–Crippen MR) is 115 cm³/mol. The summed E-state index contributed by atoms with van der Waals surface area (Å²) in [5, 5.41) is 4.34. The number of halogens is 1. The number of pyridine rings is 1. The van der Waals surface area contributed by atoms with Gasteiger partial charge in [-0.15, -0.1) is 0 Å². The number of carbonyl (C=O) groups excluding carboxylic acids is 1. The van der Waals surface area contributed by atoms with Crippen molar-refractivity contribution < 1.29 is 14.3 Å². The number of nitrogens with zero attached hydrogens (tertiary/aromatic N) is 5.